The number of hydrogen-bond donors (Lipinski definition) is 2. The summed E-state index contributed by atoms with van der Waals surface area (Å²) in [7, 11) is 0. The zero-order valence-electron chi connectivity index (χ0n) is 13.6. The molecule has 0 saturated carbocycles. The molecular formula is C19H18O6. The van der Waals surface area contributed by atoms with Crippen molar-refractivity contribution in [1.82, 2.24) is 0 Å². The molecule has 2 unspecified atom stereocenters. The van der Waals surface area contributed by atoms with E-state index in [0.717, 1.165) is 0 Å². The van der Waals surface area contributed by atoms with Gasteiger partial charge in [0.25, 0.3) is 5.60 Å². The molecule has 0 radical (unpaired) electrons. The second-order valence-corrected chi connectivity index (χ2v) is 5.37. The molecule has 25 heavy (non-hydrogen) atoms. The molecule has 0 bridgehead atoms. The van der Waals surface area contributed by atoms with Gasteiger partial charge in [0, 0.05) is 5.56 Å². The molecule has 0 spiro atoms. The van der Waals surface area contributed by atoms with Crippen LogP contribution in [0.2, 0.25) is 0 Å². The summed E-state index contributed by atoms with van der Waals surface area (Å²) in [4.78, 5) is 37.0. The lowest BCUT2D eigenvalue weighted by Gasteiger charge is -2.29. The molecule has 0 fully saturated rings. The average Bonchev–Trinajstić information content (AvgIpc) is 2.63. The van der Waals surface area contributed by atoms with E-state index in [0.29, 0.717) is 0 Å². The van der Waals surface area contributed by atoms with E-state index in [1.165, 1.54) is 31.2 Å². The molecule has 0 saturated heterocycles. The Morgan fingerprint density at radius 3 is 2.00 bits per heavy atom. The number of benzene rings is 2. The normalized spacial score (nSPS) is 14.2. The smallest absolute Gasteiger partial charge is 0.351 e. The maximum absolute atomic E-state index is 13.0. The van der Waals surface area contributed by atoms with E-state index in [9.17, 15) is 24.6 Å². The number of ketones is 1. The first-order chi connectivity index (χ1) is 11.9. The molecule has 0 amide bonds. The lowest BCUT2D eigenvalue weighted by atomic mass is 9.77. The van der Waals surface area contributed by atoms with Crippen LogP contribution in [0.3, 0.4) is 0 Å². The maximum Gasteiger partial charge on any atom is 0.351 e. The summed E-state index contributed by atoms with van der Waals surface area (Å²) < 4.78 is 4.73. The number of aliphatic carboxylic acids is 1. The topological polar surface area (TPSA) is 101 Å². The fraction of sp³-hybridized carbons (Fsp3) is 0.211. The van der Waals surface area contributed by atoms with Crippen LogP contribution in [0.25, 0.3) is 0 Å². The van der Waals surface area contributed by atoms with Gasteiger partial charge in [0.05, 0.1) is 12.5 Å². The summed E-state index contributed by atoms with van der Waals surface area (Å²) in [5.41, 5.74) is -2.65. The summed E-state index contributed by atoms with van der Waals surface area (Å²) in [6.07, 6.45) is 0. The van der Waals surface area contributed by atoms with Crippen LogP contribution in [-0.4, -0.2) is 40.1 Å². The Labute approximate surface area is 144 Å². The molecule has 2 N–H and O–H groups in total. The Morgan fingerprint density at radius 1 is 1.00 bits per heavy atom. The third-order valence-electron chi connectivity index (χ3n) is 3.78. The summed E-state index contributed by atoms with van der Waals surface area (Å²) in [6.45, 7) is 1.35. The van der Waals surface area contributed by atoms with Crippen molar-refractivity contribution < 1.29 is 29.3 Å². The van der Waals surface area contributed by atoms with Gasteiger partial charge in [-0.15, -0.1) is 0 Å². The number of ether oxygens (including phenoxy) is 1. The van der Waals surface area contributed by atoms with Crippen LogP contribution in [0.5, 0.6) is 0 Å². The number of rotatable bonds is 7. The van der Waals surface area contributed by atoms with Crippen LogP contribution in [0.1, 0.15) is 28.8 Å². The standard InChI is InChI=1S/C19H18O6/c1-2-25-18(23)19(24,17(21)22)15(13-9-5-3-6-10-13)16(20)14-11-7-4-8-12-14/h3-12,15,24H,2H2,1H3,(H,21,22). The van der Waals surface area contributed by atoms with E-state index in [4.69, 9.17) is 4.74 Å². The van der Waals surface area contributed by atoms with Gasteiger partial charge >= 0.3 is 11.9 Å². The second kappa shape index (κ2) is 7.72. The minimum atomic E-state index is -3.04. The van der Waals surface area contributed by atoms with Crippen molar-refractivity contribution in [3.05, 3.63) is 71.8 Å². The Morgan fingerprint density at radius 2 is 1.52 bits per heavy atom. The third-order valence-corrected chi connectivity index (χ3v) is 3.78. The lowest BCUT2D eigenvalue weighted by molar-refractivity contribution is -0.181. The molecule has 0 aliphatic rings. The van der Waals surface area contributed by atoms with Gasteiger partial charge in [0.2, 0.25) is 0 Å². The average molecular weight is 342 g/mol. The molecule has 2 atom stereocenters. The molecule has 2 aromatic carbocycles. The summed E-state index contributed by atoms with van der Waals surface area (Å²) in [5, 5.41) is 20.3. The molecule has 2 rings (SSSR count). The number of carboxylic acid groups (broad SMARTS) is 1. The highest BCUT2D eigenvalue weighted by molar-refractivity contribution is 6.13. The van der Waals surface area contributed by atoms with E-state index in [1.807, 2.05) is 0 Å². The van der Waals surface area contributed by atoms with E-state index in [-0.39, 0.29) is 17.7 Å². The van der Waals surface area contributed by atoms with E-state index < -0.39 is 29.2 Å². The fourth-order valence-corrected chi connectivity index (χ4v) is 2.57. The molecule has 0 aliphatic heterocycles. The van der Waals surface area contributed by atoms with Gasteiger partial charge in [0.1, 0.15) is 0 Å². The number of aliphatic hydroxyl groups is 1. The van der Waals surface area contributed by atoms with Gasteiger partial charge < -0.3 is 14.9 Å². The number of esters is 1. The van der Waals surface area contributed by atoms with Gasteiger partial charge in [-0.25, -0.2) is 9.59 Å². The first-order valence-electron chi connectivity index (χ1n) is 7.70. The van der Waals surface area contributed by atoms with Crippen molar-refractivity contribution in [2.75, 3.05) is 6.61 Å². The Bertz CT molecular complexity index is 756. The predicted octanol–water partition coefficient (Wildman–Crippen LogP) is 2.03. The maximum atomic E-state index is 13.0. The Balaban J connectivity index is 2.63. The van der Waals surface area contributed by atoms with Crippen LogP contribution < -0.4 is 0 Å². The molecule has 2 aromatic rings. The number of carbonyl (C=O) groups is 3. The number of carbonyl (C=O) groups excluding carboxylic acids is 2. The zero-order chi connectivity index (χ0) is 18.4. The van der Waals surface area contributed by atoms with Crippen LogP contribution in [0.4, 0.5) is 0 Å². The van der Waals surface area contributed by atoms with Crippen LogP contribution in [0, 0.1) is 0 Å². The minimum absolute atomic E-state index is 0.130. The van der Waals surface area contributed by atoms with Crippen molar-refractivity contribution in [2.45, 2.75) is 18.4 Å². The highest BCUT2D eigenvalue weighted by Crippen LogP contribution is 2.33. The van der Waals surface area contributed by atoms with Crippen LogP contribution >= 0.6 is 0 Å². The molecule has 0 heterocycles. The highest BCUT2D eigenvalue weighted by atomic mass is 16.6. The first kappa shape index (κ1) is 18.4. The number of Topliss-reactive ketones (excluding diaryl/α,β-unsaturated/α-hetero) is 1. The van der Waals surface area contributed by atoms with Crippen molar-refractivity contribution in [3.63, 3.8) is 0 Å². The van der Waals surface area contributed by atoms with Gasteiger partial charge in [-0.3, -0.25) is 4.79 Å². The lowest BCUT2D eigenvalue weighted by Crippen LogP contribution is -2.54. The summed E-state index contributed by atoms with van der Waals surface area (Å²) >= 11 is 0. The zero-order valence-corrected chi connectivity index (χ0v) is 13.6. The molecule has 6 nitrogen and oxygen atoms in total. The molecule has 0 aromatic heterocycles. The third kappa shape index (κ3) is 3.59. The van der Waals surface area contributed by atoms with Gasteiger partial charge in [-0.2, -0.15) is 0 Å². The van der Waals surface area contributed by atoms with E-state index in [2.05, 4.69) is 0 Å². The van der Waals surface area contributed by atoms with Crippen molar-refractivity contribution >= 4 is 17.7 Å². The molecule has 0 aliphatic carbocycles. The molecule has 6 heteroatoms. The van der Waals surface area contributed by atoms with E-state index in [1.54, 1.807) is 36.4 Å². The number of carboxylic acids is 1. The van der Waals surface area contributed by atoms with Crippen LogP contribution in [-0.2, 0) is 14.3 Å². The molecule has 130 valence electrons. The predicted molar refractivity (Wildman–Crippen MR) is 89.2 cm³/mol. The summed E-state index contributed by atoms with van der Waals surface area (Å²) in [5.74, 6) is -5.55. The SMILES string of the molecule is CCOC(=O)C(O)(C(=O)O)C(C(=O)c1ccccc1)c1ccccc1. The second-order valence-electron chi connectivity index (χ2n) is 5.37. The molecular weight excluding hydrogens is 324 g/mol. The van der Waals surface area contributed by atoms with Crippen molar-refractivity contribution in [3.8, 4) is 0 Å². The van der Waals surface area contributed by atoms with Crippen LogP contribution in [0.15, 0.2) is 60.7 Å². The Hall–Kier alpha value is -2.99. The minimum Gasteiger partial charge on any atom is -0.479 e. The van der Waals surface area contributed by atoms with Gasteiger partial charge in [0.15, 0.2) is 5.78 Å². The summed E-state index contributed by atoms with van der Waals surface area (Å²) in [6, 6.07) is 15.7. The van der Waals surface area contributed by atoms with Gasteiger partial charge in [-0.1, -0.05) is 60.7 Å². The highest BCUT2D eigenvalue weighted by Gasteiger charge is 2.56. The van der Waals surface area contributed by atoms with E-state index >= 15 is 0 Å². The largest absolute Gasteiger partial charge is 0.479 e. The van der Waals surface area contributed by atoms with Crippen molar-refractivity contribution in [1.29, 1.82) is 0 Å². The van der Waals surface area contributed by atoms with Gasteiger partial charge in [-0.05, 0) is 12.5 Å². The first-order valence-corrected chi connectivity index (χ1v) is 7.70. The fourth-order valence-electron chi connectivity index (χ4n) is 2.57. The monoisotopic (exact) mass is 342 g/mol. The number of hydrogen-bond acceptors (Lipinski definition) is 5. The Kier molecular flexibility index (Phi) is 5.67. The van der Waals surface area contributed by atoms with Crippen molar-refractivity contribution in [2.24, 2.45) is 0 Å². The quantitative estimate of drug-likeness (QED) is 0.454.